The lowest BCUT2D eigenvalue weighted by molar-refractivity contribution is 0.0880. The minimum atomic E-state index is -0.0684. The van der Waals surface area contributed by atoms with Gasteiger partial charge in [-0.15, -0.1) is 0 Å². The van der Waals surface area contributed by atoms with Crippen LogP contribution in [-0.4, -0.2) is 18.7 Å². The molecule has 0 fully saturated rings. The van der Waals surface area contributed by atoms with Gasteiger partial charge in [0.2, 0.25) is 13.9 Å². The van der Waals surface area contributed by atoms with Gasteiger partial charge >= 0.3 is 0 Å². The molecule has 0 saturated carbocycles. The topological polar surface area (TPSA) is 20.3 Å². The molecule has 1 heterocycles. The first kappa shape index (κ1) is 10.3. The molecule has 1 aliphatic rings. The van der Waals surface area contributed by atoms with Crippen LogP contribution in [0.25, 0.3) is 0 Å². The number of benzene rings is 1. The maximum atomic E-state index is 11.5. The molecule has 0 aromatic heterocycles. The summed E-state index contributed by atoms with van der Waals surface area (Å²) in [6.07, 6.45) is 1.05. The maximum absolute atomic E-state index is 11.5. The second-order valence-electron chi connectivity index (χ2n) is 4.52. The van der Waals surface area contributed by atoms with Crippen molar-refractivity contribution in [3.63, 3.8) is 0 Å². The van der Waals surface area contributed by atoms with E-state index in [2.05, 4.69) is 19.9 Å². The molecule has 2 rings (SSSR count). The van der Waals surface area contributed by atoms with E-state index in [1.165, 1.54) is 10.4 Å². The third-order valence-electron chi connectivity index (χ3n) is 2.65. The van der Waals surface area contributed by atoms with Crippen molar-refractivity contribution in [2.75, 3.05) is 0 Å². The van der Waals surface area contributed by atoms with E-state index in [1.54, 1.807) is 0 Å². The Morgan fingerprint density at radius 2 is 2.20 bits per heavy atom. The summed E-state index contributed by atoms with van der Waals surface area (Å²) in [5.74, 6) is 0.565. The van der Waals surface area contributed by atoms with Crippen molar-refractivity contribution in [3.8, 4) is 0 Å². The van der Waals surface area contributed by atoms with Gasteiger partial charge < -0.3 is 4.81 Å². The molecule has 0 spiro atoms. The Labute approximate surface area is 91.7 Å². The third-order valence-corrected chi connectivity index (χ3v) is 2.65. The molecule has 0 aliphatic carbocycles. The van der Waals surface area contributed by atoms with Crippen molar-refractivity contribution in [2.45, 2.75) is 26.8 Å². The molecule has 0 unspecified atom stereocenters. The zero-order valence-corrected chi connectivity index (χ0v) is 9.16. The summed E-state index contributed by atoms with van der Waals surface area (Å²) in [4.78, 5) is 12.8. The van der Waals surface area contributed by atoms with Gasteiger partial charge in [-0.2, -0.15) is 0 Å². The van der Waals surface area contributed by atoms with Crippen molar-refractivity contribution < 1.29 is 4.79 Å². The molecule has 15 heavy (non-hydrogen) atoms. The first-order valence-corrected chi connectivity index (χ1v) is 5.26. The van der Waals surface area contributed by atoms with Crippen LogP contribution in [-0.2, 0) is 13.0 Å². The Hall–Kier alpha value is -1.25. The predicted molar refractivity (Wildman–Crippen MR) is 60.6 cm³/mol. The number of rotatable bonds is 2. The standard InChI is InChI=1S/C12H14BNO/c1-8(2)5-9-3-4-11-10(6-9)7-14(13)12(11)15/h3-4,6,8H,5,7H2,1-2H3. The first-order chi connectivity index (χ1) is 7.08. The highest BCUT2D eigenvalue weighted by molar-refractivity contribution is 6.19. The molecular formula is C12H14BNO. The zero-order chi connectivity index (χ0) is 11.0. The van der Waals surface area contributed by atoms with E-state index in [0.717, 1.165) is 17.5 Å². The van der Waals surface area contributed by atoms with Gasteiger partial charge in [-0.25, -0.2) is 0 Å². The number of fused-ring (bicyclic) bond motifs is 1. The Bertz CT molecular complexity index is 401. The second-order valence-corrected chi connectivity index (χ2v) is 4.52. The van der Waals surface area contributed by atoms with Crippen LogP contribution < -0.4 is 0 Å². The number of amides is 1. The lowest BCUT2D eigenvalue weighted by Gasteiger charge is -2.06. The summed E-state index contributed by atoms with van der Waals surface area (Å²) < 4.78 is 0. The third kappa shape index (κ3) is 1.92. The van der Waals surface area contributed by atoms with Gasteiger partial charge in [0.15, 0.2) is 0 Å². The molecule has 2 radical (unpaired) electrons. The molecular weight excluding hydrogens is 185 g/mol. The van der Waals surface area contributed by atoms with Gasteiger partial charge in [0.25, 0.3) is 0 Å². The van der Waals surface area contributed by atoms with Crippen LogP contribution in [0.5, 0.6) is 0 Å². The normalized spacial score (nSPS) is 14.9. The Morgan fingerprint density at radius 1 is 1.47 bits per heavy atom. The number of hydrogen-bond donors (Lipinski definition) is 0. The molecule has 1 aromatic rings. The zero-order valence-electron chi connectivity index (χ0n) is 9.16. The highest BCUT2D eigenvalue weighted by atomic mass is 16.2. The summed E-state index contributed by atoms with van der Waals surface area (Å²) in [5.41, 5.74) is 3.09. The summed E-state index contributed by atoms with van der Waals surface area (Å²) in [7, 11) is 5.56. The van der Waals surface area contributed by atoms with Crippen LogP contribution in [0.1, 0.15) is 35.3 Å². The Balaban J connectivity index is 2.29. The Kier molecular flexibility index (Phi) is 2.55. The van der Waals surface area contributed by atoms with Crippen LogP contribution >= 0.6 is 0 Å². The molecule has 3 heteroatoms. The number of carbonyl (C=O) groups is 1. The van der Waals surface area contributed by atoms with E-state index in [1.807, 2.05) is 12.1 Å². The Morgan fingerprint density at radius 3 is 2.87 bits per heavy atom. The molecule has 0 bridgehead atoms. The molecule has 1 amide bonds. The quantitative estimate of drug-likeness (QED) is 0.666. The molecule has 0 saturated heterocycles. The molecule has 1 aromatic carbocycles. The van der Waals surface area contributed by atoms with Crippen LogP contribution in [0.15, 0.2) is 18.2 Å². The van der Waals surface area contributed by atoms with Gasteiger partial charge in [-0.3, -0.25) is 4.79 Å². The van der Waals surface area contributed by atoms with Crippen LogP contribution in [0.4, 0.5) is 0 Å². The van der Waals surface area contributed by atoms with Crippen molar-refractivity contribution in [1.29, 1.82) is 0 Å². The van der Waals surface area contributed by atoms with Gasteiger partial charge in [0.05, 0.1) is 0 Å². The van der Waals surface area contributed by atoms with Gasteiger partial charge in [0.1, 0.15) is 0 Å². The lowest BCUT2D eigenvalue weighted by atomic mass is 9.99. The van der Waals surface area contributed by atoms with Crippen molar-refractivity contribution in [1.82, 2.24) is 4.81 Å². The average Bonchev–Trinajstić information content (AvgIpc) is 2.41. The number of hydrogen-bond acceptors (Lipinski definition) is 1. The first-order valence-electron chi connectivity index (χ1n) is 5.26. The monoisotopic (exact) mass is 199 g/mol. The van der Waals surface area contributed by atoms with Gasteiger partial charge in [-0.05, 0) is 29.5 Å². The number of carbonyl (C=O) groups excluding carboxylic acids is 1. The highest BCUT2D eigenvalue weighted by Gasteiger charge is 2.23. The molecule has 2 nitrogen and oxygen atoms in total. The smallest absolute Gasteiger partial charge is 0.241 e. The summed E-state index contributed by atoms with van der Waals surface area (Å²) in [6.45, 7) is 4.92. The largest absolute Gasteiger partial charge is 0.389 e. The summed E-state index contributed by atoms with van der Waals surface area (Å²) in [6, 6.07) is 6.01. The summed E-state index contributed by atoms with van der Waals surface area (Å²) in [5, 5.41) is 0. The van der Waals surface area contributed by atoms with Crippen molar-refractivity contribution in [2.24, 2.45) is 5.92 Å². The molecule has 0 N–H and O–H groups in total. The lowest BCUT2D eigenvalue weighted by Crippen LogP contribution is -2.19. The van der Waals surface area contributed by atoms with Gasteiger partial charge in [0, 0.05) is 12.1 Å². The fourth-order valence-corrected chi connectivity index (χ4v) is 1.99. The van der Waals surface area contributed by atoms with Crippen LogP contribution in [0.3, 0.4) is 0 Å². The van der Waals surface area contributed by atoms with Crippen molar-refractivity contribution >= 4 is 13.9 Å². The van der Waals surface area contributed by atoms with E-state index in [-0.39, 0.29) is 5.91 Å². The predicted octanol–water partition coefficient (Wildman–Crippen LogP) is 1.92. The second kappa shape index (κ2) is 3.72. The van der Waals surface area contributed by atoms with Crippen LogP contribution in [0.2, 0.25) is 0 Å². The fourth-order valence-electron chi connectivity index (χ4n) is 1.99. The SMILES string of the molecule is [B]N1Cc2cc(CC(C)C)ccc2C1=O. The maximum Gasteiger partial charge on any atom is 0.241 e. The average molecular weight is 199 g/mol. The highest BCUT2D eigenvalue weighted by Crippen LogP contribution is 2.23. The molecule has 76 valence electrons. The van der Waals surface area contributed by atoms with Gasteiger partial charge in [-0.1, -0.05) is 26.0 Å². The summed E-state index contributed by atoms with van der Waals surface area (Å²) >= 11 is 0. The van der Waals surface area contributed by atoms with E-state index >= 15 is 0 Å². The van der Waals surface area contributed by atoms with Crippen molar-refractivity contribution in [3.05, 3.63) is 34.9 Å². The minimum Gasteiger partial charge on any atom is -0.389 e. The number of nitrogens with zero attached hydrogens (tertiary/aromatic N) is 1. The van der Waals surface area contributed by atoms with E-state index in [9.17, 15) is 4.79 Å². The molecule has 0 atom stereocenters. The minimum absolute atomic E-state index is 0.0684. The van der Waals surface area contributed by atoms with E-state index in [4.69, 9.17) is 7.98 Å². The van der Waals surface area contributed by atoms with Crippen LogP contribution in [0, 0.1) is 5.92 Å². The van der Waals surface area contributed by atoms with E-state index in [0.29, 0.717) is 12.5 Å². The fraction of sp³-hybridized carbons (Fsp3) is 0.417. The molecule has 1 aliphatic heterocycles. The van der Waals surface area contributed by atoms with E-state index < -0.39 is 0 Å².